The average Bonchev–Trinajstić information content (AvgIpc) is 2.90. The normalized spacial score (nSPS) is 13.8. The zero-order valence-corrected chi connectivity index (χ0v) is 14.3. The average molecular weight is 328 g/mol. The van der Waals surface area contributed by atoms with Crippen LogP contribution in [0.4, 0.5) is 10.5 Å². The van der Waals surface area contributed by atoms with Crippen LogP contribution < -0.4 is 5.73 Å². The summed E-state index contributed by atoms with van der Waals surface area (Å²) in [6, 6.07) is 13.9. The fourth-order valence-electron chi connectivity index (χ4n) is 2.42. The number of nitrogens with zero attached hydrogens (tertiary/aromatic N) is 1. The highest BCUT2D eigenvalue weighted by Gasteiger charge is 2.30. The number of nitrogen functional groups attached to an aromatic ring is 1. The molecule has 1 aliphatic rings. The lowest BCUT2D eigenvalue weighted by molar-refractivity contribution is 0.0401. The van der Waals surface area contributed by atoms with Gasteiger partial charge in [0.2, 0.25) is 0 Å². The van der Waals surface area contributed by atoms with Crippen molar-refractivity contribution in [1.82, 2.24) is 4.31 Å². The van der Waals surface area contributed by atoms with E-state index in [-0.39, 0.29) is 6.09 Å². The summed E-state index contributed by atoms with van der Waals surface area (Å²) in [7, 11) is 0. The van der Waals surface area contributed by atoms with Gasteiger partial charge in [-0.15, -0.1) is 0 Å². The van der Waals surface area contributed by atoms with Gasteiger partial charge in [0.1, 0.15) is 5.60 Å². The molecule has 0 bridgehead atoms. The van der Waals surface area contributed by atoms with Gasteiger partial charge >= 0.3 is 6.09 Å². The minimum Gasteiger partial charge on any atom is -0.443 e. The lowest BCUT2D eigenvalue weighted by atomic mass is 10.0. The van der Waals surface area contributed by atoms with Crippen molar-refractivity contribution in [3.05, 3.63) is 48.0 Å². The zero-order chi connectivity index (χ0) is 16.6. The number of carbonyl (C=O) groups is 1. The first kappa shape index (κ1) is 15.7. The summed E-state index contributed by atoms with van der Waals surface area (Å²) in [5.41, 5.74) is 9.35. The Bertz CT molecular complexity index is 736. The maximum Gasteiger partial charge on any atom is 0.420 e. The molecule has 23 heavy (non-hydrogen) atoms. The summed E-state index contributed by atoms with van der Waals surface area (Å²) >= 11 is 1.44. The smallest absolute Gasteiger partial charge is 0.420 e. The molecule has 0 radical (unpaired) electrons. The lowest BCUT2D eigenvalue weighted by Gasteiger charge is -2.23. The van der Waals surface area contributed by atoms with Crippen LogP contribution in [0.15, 0.2) is 47.4 Å². The maximum absolute atomic E-state index is 12.3. The summed E-state index contributed by atoms with van der Waals surface area (Å²) in [6.07, 6.45) is -0.304. The summed E-state index contributed by atoms with van der Waals surface area (Å²) in [5.74, 6) is 0. The molecule has 0 aromatic heterocycles. The Balaban J connectivity index is 1.87. The van der Waals surface area contributed by atoms with Crippen LogP contribution >= 0.6 is 11.9 Å². The molecule has 0 fully saturated rings. The molecule has 1 aliphatic heterocycles. The standard InChI is InChI=1S/C18H20N2O2S/c1-18(2,3)22-17(21)20-11-13-5-4-6-15(16(13)23-20)12-7-9-14(19)10-8-12/h4-10H,11,19H2,1-3H3. The first-order chi connectivity index (χ1) is 10.8. The van der Waals surface area contributed by atoms with Gasteiger partial charge in [0.15, 0.2) is 0 Å². The third-order valence-electron chi connectivity index (χ3n) is 3.43. The van der Waals surface area contributed by atoms with E-state index in [0.717, 1.165) is 27.3 Å². The third kappa shape index (κ3) is 3.45. The Hall–Kier alpha value is -2.14. The molecule has 0 atom stereocenters. The van der Waals surface area contributed by atoms with Crippen LogP contribution in [-0.4, -0.2) is 16.0 Å². The number of nitrogens with two attached hydrogens (primary N) is 1. The first-order valence-electron chi connectivity index (χ1n) is 7.50. The van der Waals surface area contributed by atoms with Crippen molar-refractivity contribution >= 4 is 23.7 Å². The number of hydrogen-bond donors (Lipinski definition) is 1. The number of benzene rings is 2. The predicted octanol–water partition coefficient (Wildman–Crippen LogP) is 4.69. The Labute approximate surface area is 140 Å². The van der Waals surface area contributed by atoms with E-state index in [1.807, 2.05) is 57.2 Å². The Morgan fingerprint density at radius 1 is 1.17 bits per heavy atom. The van der Waals surface area contributed by atoms with E-state index < -0.39 is 5.60 Å². The second-order valence-electron chi connectivity index (χ2n) is 6.52. The van der Waals surface area contributed by atoms with Gasteiger partial charge in [-0.25, -0.2) is 9.10 Å². The van der Waals surface area contributed by atoms with Crippen LogP contribution in [0.3, 0.4) is 0 Å². The molecule has 2 aromatic carbocycles. The molecule has 0 saturated carbocycles. The van der Waals surface area contributed by atoms with E-state index in [1.54, 1.807) is 4.31 Å². The minimum atomic E-state index is -0.494. The highest BCUT2D eigenvalue weighted by atomic mass is 32.2. The Morgan fingerprint density at radius 2 is 1.87 bits per heavy atom. The molecular weight excluding hydrogens is 308 g/mol. The van der Waals surface area contributed by atoms with Crippen LogP contribution in [0.5, 0.6) is 0 Å². The van der Waals surface area contributed by atoms with E-state index in [1.165, 1.54) is 11.9 Å². The molecule has 1 amide bonds. The van der Waals surface area contributed by atoms with Crippen LogP contribution in [0, 0.1) is 0 Å². The second-order valence-corrected chi connectivity index (χ2v) is 7.56. The van der Waals surface area contributed by atoms with Gasteiger partial charge in [-0.1, -0.05) is 30.3 Å². The van der Waals surface area contributed by atoms with Gasteiger partial charge in [0.25, 0.3) is 0 Å². The largest absolute Gasteiger partial charge is 0.443 e. The van der Waals surface area contributed by atoms with Crippen molar-refractivity contribution in [3.63, 3.8) is 0 Å². The number of anilines is 1. The maximum atomic E-state index is 12.3. The molecule has 0 spiro atoms. The Morgan fingerprint density at radius 3 is 2.52 bits per heavy atom. The number of ether oxygens (including phenoxy) is 1. The van der Waals surface area contributed by atoms with Crippen molar-refractivity contribution < 1.29 is 9.53 Å². The molecule has 4 nitrogen and oxygen atoms in total. The molecule has 0 unspecified atom stereocenters. The van der Waals surface area contributed by atoms with Gasteiger partial charge in [-0.3, -0.25) is 0 Å². The summed E-state index contributed by atoms with van der Waals surface area (Å²) < 4.78 is 7.13. The van der Waals surface area contributed by atoms with Crippen molar-refractivity contribution in [3.8, 4) is 11.1 Å². The van der Waals surface area contributed by atoms with Gasteiger partial charge in [0.05, 0.1) is 6.54 Å². The molecule has 120 valence electrons. The second kappa shape index (κ2) is 5.81. The van der Waals surface area contributed by atoms with Crippen LogP contribution in [-0.2, 0) is 11.3 Å². The van der Waals surface area contributed by atoms with Crippen LogP contribution in [0.25, 0.3) is 11.1 Å². The molecule has 5 heteroatoms. The molecule has 0 aliphatic carbocycles. The molecule has 3 rings (SSSR count). The topological polar surface area (TPSA) is 55.6 Å². The van der Waals surface area contributed by atoms with Gasteiger partial charge < -0.3 is 10.5 Å². The lowest BCUT2D eigenvalue weighted by Crippen LogP contribution is -2.30. The monoisotopic (exact) mass is 328 g/mol. The van der Waals surface area contributed by atoms with Crippen molar-refractivity contribution in [2.45, 2.75) is 37.8 Å². The quantitative estimate of drug-likeness (QED) is 0.609. The Kier molecular flexibility index (Phi) is 3.98. The number of rotatable bonds is 1. The zero-order valence-electron chi connectivity index (χ0n) is 13.5. The first-order valence-corrected chi connectivity index (χ1v) is 8.27. The van der Waals surface area contributed by atoms with E-state index >= 15 is 0 Å². The van der Waals surface area contributed by atoms with E-state index in [2.05, 4.69) is 6.07 Å². The highest BCUT2D eigenvalue weighted by Crippen LogP contribution is 2.43. The number of amides is 1. The predicted molar refractivity (Wildman–Crippen MR) is 93.9 cm³/mol. The van der Waals surface area contributed by atoms with Gasteiger partial charge in [-0.05, 0) is 61.5 Å². The van der Waals surface area contributed by atoms with E-state index in [4.69, 9.17) is 10.5 Å². The van der Waals surface area contributed by atoms with Gasteiger partial charge in [0, 0.05) is 10.6 Å². The number of carbonyl (C=O) groups excluding carboxylic acids is 1. The van der Waals surface area contributed by atoms with Crippen LogP contribution in [0.2, 0.25) is 0 Å². The van der Waals surface area contributed by atoms with Crippen molar-refractivity contribution in [2.75, 3.05) is 5.73 Å². The molecule has 2 N–H and O–H groups in total. The highest BCUT2D eigenvalue weighted by molar-refractivity contribution is 7.98. The van der Waals surface area contributed by atoms with Crippen molar-refractivity contribution in [1.29, 1.82) is 0 Å². The molecule has 2 aromatic rings. The summed E-state index contributed by atoms with van der Waals surface area (Å²) in [4.78, 5) is 13.4. The fourth-order valence-corrected chi connectivity index (χ4v) is 3.49. The van der Waals surface area contributed by atoms with Crippen molar-refractivity contribution in [2.24, 2.45) is 0 Å². The fraction of sp³-hybridized carbons (Fsp3) is 0.278. The molecule has 0 saturated heterocycles. The van der Waals surface area contributed by atoms with E-state index in [0.29, 0.717) is 6.54 Å². The minimum absolute atomic E-state index is 0.304. The molecule has 1 heterocycles. The third-order valence-corrected chi connectivity index (χ3v) is 4.59. The number of fused-ring (bicyclic) bond motifs is 1. The molecular formula is C18H20N2O2S. The SMILES string of the molecule is CC(C)(C)OC(=O)N1Cc2cccc(-c3ccc(N)cc3)c2S1. The number of hydrogen-bond acceptors (Lipinski definition) is 4. The van der Waals surface area contributed by atoms with Gasteiger partial charge in [-0.2, -0.15) is 0 Å². The van der Waals surface area contributed by atoms with E-state index in [9.17, 15) is 4.79 Å². The summed E-state index contributed by atoms with van der Waals surface area (Å²) in [6.45, 7) is 6.17. The summed E-state index contributed by atoms with van der Waals surface area (Å²) in [5, 5.41) is 0. The van der Waals surface area contributed by atoms with Crippen LogP contribution in [0.1, 0.15) is 26.3 Å².